The number of hydrogen-bond acceptors (Lipinski definition) is 3. The molecule has 0 spiro atoms. The van der Waals surface area contributed by atoms with Crippen molar-refractivity contribution in [2.24, 2.45) is 0 Å². The van der Waals surface area contributed by atoms with Crippen LogP contribution in [0.2, 0.25) is 0 Å². The van der Waals surface area contributed by atoms with Crippen LogP contribution in [0.4, 0.5) is 13.2 Å². The summed E-state index contributed by atoms with van der Waals surface area (Å²) in [6.07, 6.45) is -1.53. The predicted octanol–water partition coefficient (Wildman–Crippen LogP) is 2.97. The van der Waals surface area contributed by atoms with E-state index in [1.54, 1.807) is 18.2 Å². The molecule has 0 saturated heterocycles. The van der Waals surface area contributed by atoms with Crippen molar-refractivity contribution in [2.75, 3.05) is 6.54 Å². The fraction of sp³-hybridized carbons (Fsp3) is 0.235. The van der Waals surface area contributed by atoms with Crippen molar-refractivity contribution in [1.82, 2.24) is 19.9 Å². The minimum Gasteiger partial charge on any atom is -0.350 e. The number of alkyl halides is 3. The molecule has 0 aliphatic rings. The molecule has 5 nitrogen and oxygen atoms in total. The molecule has 0 unspecified atom stereocenters. The fourth-order valence-corrected chi connectivity index (χ4v) is 2.48. The highest BCUT2D eigenvalue weighted by molar-refractivity contribution is 5.94. The lowest BCUT2D eigenvalue weighted by Gasteiger charge is -2.11. The van der Waals surface area contributed by atoms with Crippen LogP contribution < -0.4 is 5.32 Å². The van der Waals surface area contributed by atoms with E-state index in [1.807, 2.05) is 18.2 Å². The summed E-state index contributed by atoms with van der Waals surface area (Å²) in [6.45, 7) is -0.926. The number of pyridine rings is 1. The van der Waals surface area contributed by atoms with E-state index in [0.29, 0.717) is 5.52 Å². The number of rotatable bonds is 5. The second kappa shape index (κ2) is 6.92. The van der Waals surface area contributed by atoms with Gasteiger partial charge >= 0.3 is 6.18 Å². The normalized spacial score (nSPS) is 11.6. The van der Waals surface area contributed by atoms with Crippen molar-refractivity contribution in [2.45, 2.75) is 19.1 Å². The summed E-state index contributed by atoms with van der Waals surface area (Å²) in [4.78, 5) is 20.3. The van der Waals surface area contributed by atoms with Gasteiger partial charge in [0.2, 0.25) is 0 Å². The topological polar surface area (TPSA) is 59.8 Å². The van der Waals surface area contributed by atoms with E-state index >= 15 is 0 Å². The van der Waals surface area contributed by atoms with Gasteiger partial charge in [-0.2, -0.15) is 13.2 Å². The highest BCUT2D eigenvalue weighted by atomic mass is 19.4. The second-order valence-corrected chi connectivity index (χ2v) is 5.48. The standard InChI is InChI=1S/C17H15F3N4O/c18-17(19,20)11-24-10-9-21-15(24)7-8-22-16(25)14-6-5-12-3-1-2-4-13(12)23-14/h1-6,9-10H,7-8,11H2,(H,22,25). The monoisotopic (exact) mass is 348 g/mol. The molecule has 0 bridgehead atoms. The van der Waals surface area contributed by atoms with Gasteiger partial charge in [0.1, 0.15) is 18.1 Å². The number of nitrogens with one attached hydrogen (secondary N) is 1. The smallest absolute Gasteiger partial charge is 0.350 e. The third-order valence-corrected chi connectivity index (χ3v) is 3.62. The minimum absolute atomic E-state index is 0.169. The third kappa shape index (κ3) is 4.34. The Kier molecular flexibility index (Phi) is 4.69. The molecular weight excluding hydrogens is 333 g/mol. The van der Waals surface area contributed by atoms with Crippen LogP contribution >= 0.6 is 0 Å². The molecule has 1 aromatic carbocycles. The van der Waals surface area contributed by atoms with Crippen LogP contribution in [-0.2, 0) is 13.0 Å². The van der Waals surface area contributed by atoms with Crippen molar-refractivity contribution >= 4 is 16.8 Å². The molecule has 1 amide bonds. The molecular formula is C17H15F3N4O. The summed E-state index contributed by atoms with van der Waals surface area (Å²) in [5.74, 6) is -0.108. The number of halogens is 3. The Bertz CT molecular complexity index is 889. The number of aromatic nitrogens is 3. The van der Waals surface area contributed by atoms with Gasteiger partial charge in [-0.3, -0.25) is 4.79 Å². The van der Waals surface area contributed by atoms with Gasteiger partial charge in [0.05, 0.1) is 5.52 Å². The van der Waals surface area contributed by atoms with E-state index in [-0.39, 0.29) is 30.4 Å². The first-order valence-electron chi connectivity index (χ1n) is 7.63. The third-order valence-electron chi connectivity index (χ3n) is 3.62. The first-order valence-corrected chi connectivity index (χ1v) is 7.63. The quantitative estimate of drug-likeness (QED) is 0.771. The molecule has 2 heterocycles. The van der Waals surface area contributed by atoms with Crippen LogP contribution in [0.15, 0.2) is 48.8 Å². The molecule has 0 saturated carbocycles. The molecule has 3 aromatic rings. The van der Waals surface area contributed by atoms with Crippen molar-refractivity contribution in [1.29, 1.82) is 0 Å². The molecule has 1 N–H and O–H groups in total. The van der Waals surface area contributed by atoms with Crippen LogP contribution in [0, 0.1) is 0 Å². The Morgan fingerprint density at radius 3 is 2.76 bits per heavy atom. The molecule has 0 aliphatic heterocycles. The zero-order chi connectivity index (χ0) is 17.9. The van der Waals surface area contributed by atoms with E-state index in [4.69, 9.17) is 0 Å². The molecule has 2 aromatic heterocycles. The summed E-state index contributed by atoms with van der Waals surface area (Å²) < 4.78 is 38.4. The summed E-state index contributed by atoms with van der Waals surface area (Å²) >= 11 is 0. The molecule has 0 radical (unpaired) electrons. The van der Waals surface area contributed by atoms with Gasteiger partial charge in [-0.05, 0) is 12.1 Å². The van der Waals surface area contributed by atoms with Gasteiger partial charge in [-0.15, -0.1) is 0 Å². The van der Waals surface area contributed by atoms with E-state index in [0.717, 1.165) is 9.95 Å². The van der Waals surface area contributed by atoms with Gasteiger partial charge in [0.15, 0.2) is 0 Å². The number of hydrogen-bond donors (Lipinski definition) is 1. The first-order chi connectivity index (χ1) is 11.9. The fourth-order valence-electron chi connectivity index (χ4n) is 2.48. The molecule has 8 heteroatoms. The number of para-hydroxylation sites is 1. The summed E-state index contributed by atoms with van der Waals surface area (Å²) in [5.41, 5.74) is 0.966. The van der Waals surface area contributed by atoms with Crippen LogP contribution in [0.1, 0.15) is 16.3 Å². The molecule has 130 valence electrons. The second-order valence-electron chi connectivity index (χ2n) is 5.48. The van der Waals surface area contributed by atoms with Gasteiger partial charge < -0.3 is 9.88 Å². The van der Waals surface area contributed by atoms with Crippen molar-refractivity contribution in [3.8, 4) is 0 Å². The van der Waals surface area contributed by atoms with E-state index in [9.17, 15) is 18.0 Å². The maximum Gasteiger partial charge on any atom is 0.406 e. The van der Waals surface area contributed by atoms with Crippen LogP contribution in [0.5, 0.6) is 0 Å². The molecule has 3 rings (SSSR count). The van der Waals surface area contributed by atoms with Gasteiger partial charge in [-0.25, -0.2) is 9.97 Å². The SMILES string of the molecule is O=C(NCCc1nccn1CC(F)(F)F)c1ccc2ccccc2n1. The number of benzene rings is 1. The molecule has 25 heavy (non-hydrogen) atoms. The lowest BCUT2D eigenvalue weighted by molar-refractivity contribution is -0.141. The maximum atomic E-state index is 12.5. The van der Waals surface area contributed by atoms with Crippen molar-refractivity contribution < 1.29 is 18.0 Å². The van der Waals surface area contributed by atoms with Gasteiger partial charge in [-0.1, -0.05) is 24.3 Å². The Balaban J connectivity index is 1.60. The molecule has 0 aliphatic carbocycles. The number of fused-ring (bicyclic) bond motifs is 1. The number of carbonyl (C=O) groups is 1. The van der Waals surface area contributed by atoms with Crippen LogP contribution in [0.3, 0.4) is 0 Å². The number of imidazole rings is 1. The Labute approximate surface area is 141 Å². The zero-order valence-electron chi connectivity index (χ0n) is 13.1. The first kappa shape index (κ1) is 16.9. The van der Waals surface area contributed by atoms with Gasteiger partial charge in [0, 0.05) is 30.7 Å². The largest absolute Gasteiger partial charge is 0.406 e. The Morgan fingerprint density at radius 2 is 1.96 bits per heavy atom. The number of amides is 1. The van der Waals surface area contributed by atoms with Crippen LogP contribution in [0.25, 0.3) is 10.9 Å². The highest BCUT2D eigenvalue weighted by Crippen LogP contribution is 2.18. The van der Waals surface area contributed by atoms with Gasteiger partial charge in [0.25, 0.3) is 5.91 Å². The molecule has 0 atom stereocenters. The van der Waals surface area contributed by atoms with E-state index in [1.165, 1.54) is 12.4 Å². The van der Waals surface area contributed by atoms with Crippen LogP contribution in [-0.4, -0.2) is 33.2 Å². The summed E-state index contributed by atoms with van der Waals surface area (Å²) in [6, 6.07) is 10.8. The maximum absolute atomic E-state index is 12.5. The van der Waals surface area contributed by atoms with E-state index in [2.05, 4.69) is 15.3 Å². The number of carbonyl (C=O) groups excluding carboxylic acids is 1. The summed E-state index contributed by atoms with van der Waals surface area (Å²) in [7, 11) is 0. The summed E-state index contributed by atoms with van der Waals surface area (Å²) in [5, 5.41) is 3.58. The lowest BCUT2D eigenvalue weighted by atomic mass is 10.2. The van der Waals surface area contributed by atoms with E-state index < -0.39 is 12.7 Å². The highest BCUT2D eigenvalue weighted by Gasteiger charge is 2.28. The van der Waals surface area contributed by atoms with Crippen molar-refractivity contribution in [3.63, 3.8) is 0 Å². The zero-order valence-corrected chi connectivity index (χ0v) is 13.1. The average molecular weight is 348 g/mol. The Morgan fingerprint density at radius 1 is 1.16 bits per heavy atom. The predicted molar refractivity (Wildman–Crippen MR) is 86.1 cm³/mol. The molecule has 0 fully saturated rings. The lowest BCUT2D eigenvalue weighted by Crippen LogP contribution is -2.28. The minimum atomic E-state index is -4.31. The van der Waals surface area contributed by atoms with Crippen molar-refractivity contribution in [3.05, 3.63) is 60.3 Å². The Hall–Kier alpha value is -2.90. The average Bonchev–Trinajstić information content (AvgIpc) is 2.99. The number of nitrogens with zero attached hydrogens (tertiary/aromatic N) is 3.